The van der Waals surface area contributed by atoms with Crippen LogP contribution in [0.1, 0.15) is 16.1 Å². The number of esters is 1. The van der Waals surface area contributed by atoms with E-state index in [-0.39, 0.29) is 18.2 Å². The Balaban J connectivity index is 1.82. The van der Waals surface area contributed by atoms with Crippen LogP contribution in [0, 0.1) is 0 Å². The Morgan fingerprint density at radius 3 is 2.58 bits per heavy atom. The van der Waals surface area contributed by atoms with Crippen molar-refractivity contribution in [2.24, 2.45) is 0 Å². The standard InChI is InChI=1S/C15H12O4/c16-13(14-7-4-10-18-14)11-19-15(17)9-8-12-5-2-1-3-6-12/h1-10H,11H2/b9-8+. The lowest BCUT2D eigenvalue weighted by molar-refractivity contribution is -0.136. The molecule has 0 amide bonds. The highest BCUT2D eigenvalue weighted by molar-refractivity contribution is 5.96. The van der Waals surface area contributed by atoms with Crippen LogP contribution < -0.4 is 0 Å². The third-order valence-electron chi connectivity index (χ3n) is 2.35. The highest BCUT2D eigenvalue weighted by atomic mass is 16.5. The molecule has 0 saturated carbocycles. The van der Waals surface area contributed by atoms with E-state index in [0.717, 1.165) is 5.56 Å². The second-order valence-electron chi connectivity index (χ2n) is 3.75. The van der Waals surface area contributed by atoms with E-state index >= 15 is 0 Å². The Hall–Kier alpha value is -2.62. The summed E-state index contributed by atoms with van der Waals surface area (Å²) in [6, 6.07) is 12.5. The molecule has 0 aliphatic rings. The van der Waals surface area contributed by atoms with Gasteiger partial charge >= 0.3 is 5.97 Å². The molecule has 2 rings (SSSR count). The first-order chi connectivity index (χ1) is 9.25. The minimum Gasteiger partial charge on any atom is -0.461 e. The Kier molecular flexibility index (Phi) is 4.29. The van der Waals surface area contributed by atoms with Crippen molar-refractivity contribution in [3.63, 3.8) is 0 Å². The quantitative estimate of drug-likeness (QED) is 0.469. The average Bonchev–Trinajstić information content (AvgIpc) is 2.98. The number of ketones is 1. The van der Waals surface area contributed by atoms with Gasteiger partial charge in [0.05, 0.1) is 6.26 Å². The molecule has 0 radical (unpaired) electrons. The molecule has 1 aromatic heterocycles. The van der Waals surface area contributed by atoms with Crippen LogP contribution in [0.3, 0.4) is 0 Å². The Morgan fingerprint density at radius 1 is 1.11 bits per heavy atom. The van der Waals surface area contributed by atoms with Crippen molar-refractivity contribution in [3.8, 4) is 0 Å². The van der Waals surface area contributed by atoms with Gasteiger partial charge in [-0.3, -0.25) is 4.79 Å². The largest absolute Gasteiger partial charge is 0.461 e. The molecule has 0 aliphatic heterocycles. The predicted molar refractivity (Wildman–Crippen MR) is 69.5 cm³/mol. The second-order valence-corrected chi connectivity index (χ2v) is 3.75. The molecule has 1 aromatic carbocycles. The summed E-state index contributed by atoms with van der Waals surface area (Å²) in [5, 5.41) is 0. The van der Waals surface area contributed by atoms with Gasteiger partial charge in [-0.1, -0.05) is 30.3 Å². The first-order valence-electron chi connectivity index (χ1n) is 5.72. The van der Waals surface area contributed by atoms with Crippen LogP contribution in [0.4, 0.5) is 0 Å². The molecule has 4 heteroatoms. The van der Waals surface area contributed by atoms with E-state index < -0.39 is 5.97 Å². The van der Waals surface area contributed by atoms with Crippen LogP contribution >= 0.6 is 0 Å². The topological polar surface area (TPSA) is 56.5 Å². The first-order valence-corrected chi connectivity index (χ1v) is 5.72. The molecule has 0 fully saturated rings. The lowest BCUT2D eigenvalue weighted by Crippen LogP contribution is -2.11. The molecule has 19 heavy (non-hydrogen) atoms. The molecular weight excluding hydrogens is 244 g/mol. The number of furan rings is 1. The zero-order valence-corrected chi connectivity index (χ0v) is 10.1. The number of hydrogen-bond acceptors (Lipinski definition) is 4. The van der Waals surface area contributed by atoms with Crippen LogP contribution in [-0.2, 0) is 9.53 Å². The number of benzene rings is 1. The van der Waals surface area contributed by atoms with Crippen LogP contribution in [0.2, 0.25) is 0 Å². The molecule has 0 aliphatic carbocycles. The molecule has 4 nitrogen and oxygen atoms in total. The fourth-order valence-corrected chi connectivity index (χ4v) is 1.42. The van der Waals surface area contributed by atoms with E-state index in [1.165, 1.54) is 18.4 Å². The summed E-state index contributed by atoms with van der Waals surface area (Å²) in [5.74, 6) is -0.755. The number of carbonyl (C=O) groups is 2. The van der Waals surface area contributed by atoms with Crippen molar-refractivity contribution in [3.05, 3.63) is 66.1 Å². The van der Waals surface area contributed by atoms with E-state index in [4.69, 9.17) is 9.15 Å². The van der Waals surface area contributed by atoms with Gasteiger partial charge in [-0.25, -0.2) is 4.79 Å². The number of ether oxygens (including phenoxy) is 1. The smallest absolute Gasteiger partial charge is 0.331 e. The molecule has 0 N–H and O–H groups in total. The molecule has 0 unspecified atom stereocenters. The van der Waals surface area contributed by atoms with Gasteiger partial charge in [0, 0.05) is 6.08 Å². The summed E-state index contributed by atoms with van der Waals surface area (Å²) in [7, 11) is 0. The van der Waals surface area contributed by atoms with Crippen LogP contribution in [0.25, 0.3) is 6.08 Å². The number of carbonyl (C=O) groups excluding carboxylic acids is 2. The van der Waals surface area contributed by atoms with E-state index in [9.17, 15) is 9.59 Å². The Labute approximate surface area is 110 Å². The summed E-state index contributed by atoms with van der Waals surface area (Å²) in [5.41, 5.74) is 0.886. The van der Waals surface area contributed by atoms with E-state index in [1.54, 1.807) is 12.1 Å². The molecule has 0 saturated heterocycles. The van der Waals surface area contributed by atoms with Crippen LogP contribution in [-0.4, -0.2) is 18.4 Å². The van der Waals surface area contributed by atoms with Crippen LogP contribution in [0.5, 0.6) is 0 Å². The molecule has 0 atom stereocenters. The van der Waals surface area contributed by atoms with Gasteiger partial charge in [0.25, 0.3) is 0 Å². The van der Waals surface area contributed by atoms with Crippen molar-refractivity contribution in [1.82, 2.24) is 0 Å². The minimum absolute atomic E-state index is 0.180. The molecule has 2 aromatic rings. The zero-order valence-electron chi connectivity index (χ0n) is 10.1. The highest BCUT2D eigenvalue weighted by Gasteiger charge is 2.10. The van der Waals surface area contributed by atoms with Crippen molar-refractivity contribution in [2.45, 2.75) is 0 Å². The SMILES string of the molecule is O=C(/C=C/c1ccccc1)OCC(=O)c1ccco1. The minimum atomic E-state index is -0.566. The maximum absolute atomic E-state index is 11.5. The summed E-state index contributed by atoms with van der Waals surface area (Å²) in [6.07, 6.45) is 4.30. The normalized spacial score (nSPS) is 10.5. The third-order valence-corrected chi connectivity index (χ3v) is 2.35. The van der Waals surface area contributed by atoms with Crippen LogP contribution in [0.15, 0.2) is 59.2 Å². The number of rotatable bonds is 5. The van der Waals surface area contributed by atoms with Gasteiger partial charge in [0.2, 0.25) is 5.78 Å². The Morgan fingerprint density at radius 2 is 1.89 bits per heavy atom. The average molecular weight is 256 g/mol. The third kappa shape index (κ3) is 3.96. The summed E-state index contributed by atoms with van der Waals surface area (Å²) in [6.45, 7) is -0.328. The number of Topliss-reactive ketones (excluding diaryl/α,β-unsaturated/α-hetero) is 1. The van der Waals surface area contributed by atoms with E-state index in [2.05, 4.69) is 0 Å². The van der Waals surface area contributed by atoms with Gasteiger partial charge in [0.15, 0.2) is 12.4 Å². The van der Waals surface area contributed by atoms with E-state index in [1.807, 2.05) is 30.3 Å². The second kappa shape index (κ2) is 6.35. The zero-order chi connectivity index (χ0) is 13.5. The first kappa shape index (κ1) is 12.8. The van der Waals surface area contributed by atoms with E-state index in [0.29, 0.717) is 0 Å². The van der Waals surface area contributed by atoms with Gasteiger partial charge in [0.1, 0.15) is 0 Å². The van der Waals surface area contributed by atoms with Crippen molar-refractivity contribution in [2.75, 3.05) is 6.61 Å². The molecule has 1 heterocycles. The molecule has 0 bridgehead atoms. The predicted octanol–water partition coefficient (Wildman–Crippen LogP) is 2.72. The summed E-state index contributed by atoms with van der Waals surface area (Å²) < 4.78 is 9.71. The molecular formula is C15H12O4. The highest BCUT2D eigenvalue weighted by Crippen LogP contribution is 2.03. The van der Waals surface area contributed by atoms with Crippen molar-refractivity contribution < 1.29 is 18.7 Å². The fraction of sp³-hybridized carbons (Fsp3) is 0.0667. The monoisotopic (exact) mass is 256 g/mol. The summed E-state index contributed by atoms with van der Waals surface area (Å²) in [4.78, 5) is 22.9. The van der Waals surface area contributed by atoms with Crippen molar-refractivity contribution in [1.29, 1.82) is 0 Å². The summed E-state index contributed by atoms with van der Waals surface area (Å²) >= 11 is 0. The molecule has 0 spiro atoms. The van der Waals surface area contributed by atoms with Gasteiger partial charge in [-0.2, -0.15) is 0 Å². The Bertz CT molecular complexity index is 567. The molecule has 96 valence electrons. The van der Waals surface area contributed by atoms with Gasteiger partial charge in [-0.15, -0.1) is 0 Å². The maximum Gasteiger partial charge on any atom is 0.331 e. The van der Waals surface area contributed by atoms with Crippen molar-refractivity contribution >= 4 is 17.8 Å². The lowest BCUT2D eigenvalue weighted by atomic mass is 10.2. The van der Waals surface area contributed by atoms with Gasteiger partial charge in [-0.05, 0) is 23.8 Å². The van der Waals surface area contributed by atoms with Gasteiger partial charge < -0.3 is 9.15 Å². The maximum atomic E-state index is 11.5. The fourth-order valence-electron chi connectivity index (χ4n) is 1.42. The lowest BCUT2D eigenvalue weighted by Gasteiger charge is -1.99. The number of hydrogen-bond donors (Lipinski definition) is 0.